The molecule has 7 nitrogen and oxygen atoms in total. The Kier molecular flexibility index (Phi) is 12.1. The fourth-order valence-electron chi connectivity index (χ4n) is 3.39. The first-order chi connectivity index (χ1) is 16.7. The van der Waals surface area contributed by atoms with Crippen LogP contribution in [-0.2, 0) is 23.7 Å². The number of halogens is 1. The van der Waals surface area contributed by atoms with Crippen LogP contribution in [0.5, 0.6) is 11.5 Å². The molecule has 1 fully saturated rings. The van der Waals surface area contributed by atoms with Gasteiger partial charge in [-0.15, -0.1) is 0 Å². The van der Waals surface area contributed by atoms with Gasteiger partial charge in [-0.1, -0.05) is 18.2 Å². The maximum atomic E-state index is 13.5. The first kappa shape index (κ1) is 26.4. The van der Waals surface area contributed by atoms with Gasteiger partial charge in [0.25, 0.3) is 0 Å². The molecule has 0 spiro atoms. The van der Waals surface area contributed by atoms with E-state index < -0.39 is 5.82 Å². The first-order valence-corrected chi connectivity index (χ1v) is 11.9. The van der Waals surface area contributed by atoms with Crippen LogP contribution in [0, 0.1) is 5.82 Å². The molecule has 0 aromatic heterocycles. The van der Waals surface area contributed by atoms with Gasteiger partial charge in [0.2, 0.25) is 0 Å². The molecular formula is C26H35FO7. The Bertz CT molecular complexity index is 803. The Balaban J connectivity index is 1.24. The van der Waals surface area contributed by atoms with Gasteiger partial charge in [0.05, 0.1) is 59.5 Å². The van der Waals surface area contributed by atoms with Crippen LogP contribution in [0.3, 0.4) is 0 Å². The standard InChI is InChI=1S/C26H35FO7/c27-25-18-22(6-9-26(25)28)21-4-7-23(8-5-21)33-11-3-1-2-10-31-19-24-20-32-15-14-29-12-13-30-16-17-34-24/h4-9,18,24,28H,1-3,10-17,19-20H2. The van der Waals surface area contributed by atoms with Crippen molar-refractivity contribution in [1.82, 2.24) is 0 Å². The summed E-state index contributed by atoms with van der Waals surface area (Å²) in [5.74, 6) is -0.208. The Morgan fingerprint density at radius 1 is 0.794 bits per heavy atom. The van der Waals surface area contributed by atoms with Crippen LogP contribution in [0.4, 0.5) is 4.39 Å². The van der Waals surface area contributed by atoms with Crippen LogP contribution in [0.25, 0.3) is 11.1 Å². The quantitative estimate of drug-likeness (QED) is 0.513. The number of benzene rings is 2. The molecular weight excluding hydrogens is 443 g/mol. The molecule has 1 atom stereocenters. The maximum Gasteiger partial charge on any atom is 0.165 e. The molecule has 0 radical (unpaired) electrons. The van der Waals surface area contributed by atoms with E-state index in [2.05, 4.69) is 0 Å². The third-order valence-corrected chi connectivity index (χ3v) is 5.27. The van der Waals surface area contributed by atoms with E-state index in [1.54, 1.807) is 6.07 Å². The van der Waals surface area contributed by atoms with Gasteiger partial charge in [-0.05, 0) is 54.7 Å². The minimum absolute atomic E-state index is 0.104. The van der Waals surface area contributed by atoms with Gasteiger partial charge >= 0.3 is 0 Å². The van der Waals surface area contributed by atoms with Gasteiger partial charge in [-0.3, -0.25) is 0 Å². The zero-order valence-electron chi connectivity index (χ0n) is 19.6. The van der Waals surface area contributed by atoms with E-state index >= 15 is 0 Å². The summed E-state index contributed by atoms with van der Waals surface area (Å²) in [6.07, 6.45) is 2.76. The Morgan fingerprint density at radius 3 is 2.24 bits per heavy atom. The number of rotatable bonds is 10. The molecule has 188 valence electrons. The van der Waals surface area contributed by atoms with E-state index in [1.807, 2.05) is 24.3 Å². The van der Waals surface area contributed by atoms with E-state index in [0.717, 1.165) is 30.6 Å². The van der Waals surface area contributed by atoms with Gasteiger partial charge in [0.1, 0.15) is 11.9 Å². The summed E-state index contributed by atoms with van der Waals surface area (Å²) < 4.78 is 47.3. The minimum Gasteiger partial charge on any atom is -0.505 e. The van der Waals surface area contributed by atoms with Crippen molar-refractivity contribution in [2.45, 2.75) is 25.4 Å². The van der Waals surface area contributed by atoms with Crippen molar-refractivity contribution in [3.63, 3.8) is 0 Å². The second kappa shape index (κ2) is 15.6. The summed E-state index contributed by atoms with van der Waals surface area (Å²) in [5.41, 5.74) is 1.57. The molecule has 0 saturated carbocycles. The third-order valence-electron chi connectivity index (χ3n) is 5.27. The molecule has 1 unspecified atom stereocenters. The van der Waals surface area contributed by atoms with Gasteiger partial charge < -0.3 is 33.5 Å². The Labute approximate surface area is 200 Å². The van der Waals surface area contributed by atoms with Crippen LogP contribution in [0.15, 0.2) is 42.5 Å². The monoisotopic (exact) mass is 478 g/mol. The number of phenols is 1. The normalized spacial score (nSPS) is 18.1. The number of phenolic OH excluding ortho intramolecular Hbond substituents is 1. The fourth-order valence-corrected chi connectivity index (χ4v) is 3.39. The molecule has 1 N–H and O–H groups in total. The lowest BCUT2D eigenvalue weighted by Crippen LogP contribution is -2.29. The summed E-state index contributed by atoms with van der Waals surface area (Å²) in [7, 11) is 0. The summed E-state index contributed by atoms with van der Waals surface area (Å²) in [6, 6.07) is 11.8. The first-order valence-electron chi connectivity index (χ1n) is 11.9. The molecule has 34 heavy (non-hydrogen) atoms. The highest BCUT2D eigenvalue weighted by molar-refractivity contribution is 5.65. The summed E-state index contributed by atoms with van der Waals surface area (Å²) in [5, 5.41) is 9.32. The predicted octanol–water partition coefficient (Wildman–Crippen LogP) is 4.21. The lowest BCUT2D eigenvalue weighted by atomic mass is 10.1. The van der Waals surface area contributed by atoms with Crippen LogP contribution >= 0.6 is 0 Å². The van der Waals surface area contributed by atoms with Gasteiger partial charge in [-0.2, -0.15) is 0 Å². The molecule has 2 aromatic carbocycles. The van der Waals surface area contributed by atoms with Crippen LogP contribution < -0.4 is 4.74 Å². The lowest BCUT2D eigenvalue weighted by molar-refractivity contribution is -0.0903. The molecule has 3 rings (SSSR count). The highest BCUT2D eigenvalue weighted by atomic mass is 19.1. The molecule has 1 saturated heterocycles. The number of aromatic hydroxyl groups is 1. The zero-order chi connectivity index (χ0) is 23.8. The molecule has 1 aliphatic rings. The second-order valence-electron chi connectivity index (χ2n) is 7.97. The lowest BCUT2D eigenvalue weighted by Gasteiger charge is -2.19. The zero-order valence-corrected chi connectivity index (χ0v) is 19.6. The second-order valence-corrected chi connectivity index (χ2v) is 7.97. The minimum atomic E-state index is -0.631. The van der Waals surface area contributed by atoms with E-state index in [4.69, 9.17) is 28.4 Å². The number of unbranched alkanes of at least 4 members (excludes halogenated alkanes) is 2. The molecule has 8 heteroatoms. The SMILES string of the molecule is Oc1ccc(-c2ccc(OCCCCCOCC3COCCOCCOCCO3)cc2)cc1F. The van der Waals surface area contributed by atoms with Crippen molar-refractivity contribution in [1.29, 1.82) is 0 Å². The topological polar surface area (TPSA) is 75.6 Å². The van der Waals surface area contributed by atoms with Gasteiger partial charge in [-0.25, -0.2) is 4.39 Å². The highest BCUT2D eigenvalue weighted by Gasteiger charge is 2.11. The number of ether oxygens (including phenoxy) is 6. The van der Waals surface area contributed by atoms with Crippen molar-refractivity contribution >= 4 is 0 Å². The number of hydrogen-bond acceptors (Lipinski definition) is 7. The summed E-state index contributed by atoms with van der Waals surface area (Å²) in [6.45, 7) is 5.56. The summed E-state index contributed by atoms with van der Waals surface area (Å²) >= 11 is 0. The number of hydrogen-bond donors (Lipinski definition) is 1. The Hall–Kier alpha value is -2.23. The molecule has 0 aliphatic carbocycles. The Morgan fingerprint density at radius 2 is 1.47 bits per heavy atom. The largest absolute Gasteiger partial charge is 0.505 e. The third kappa shape index (κ3) is 9.95. The smallest absolute Gasteiger partial charge is 0.165 e. The van der Waals surface area contributed by atoms with Crippen molar-refractivity contribution in [2.75, 3.05) is 66.1 Å². The average Bonchev–Trinajstić information content (AvgIpc) is 2.84. The van der Waals surface area contributed by atoms with Crippen molar-refractivity contribution < 1.29 is 37.9 Å². The van der Waals surface area contributed by atoms with Crippen molar-refractivity contribution in [3.05, 3.63) is 48.3 Å². The van der Waals surface area contributed by atoms with Crippen LogP contribution in [-0.4, -0.2) is 77.3 Å². The molecule has 2 aromatic rings. The highest BCUT2D eigenvalue weighted by Crippen LogP contribution is 2.26. The van der Waals surface area contributed by atoms with Crippen LogP contribution in [0.1, 0.15) is 19.3 Å². The molecule has 1 heterocycles. The van der Waals surface area contributed by atoms with Gasteiger partial charge in [0, 0.05) is 6.61 Å². The fraction of sp³-hybridized carbons (Fsp3) is 0.538. The van der Waals surface area contributed by atoms with Gasteiger partial charge in [0.15, 0.2) is 11.6 Å². The summed E-state index contributed by atoms with van der Waals surface area (Å²) in [4.78, 5) is 0. The van der Waals surface area contributed by atoms with Crippen molar-refractivity contribution in [3.8, 4) is 22.6 Å². The van der Waals surface area contributed by atoms with E-state index in [-0.39, 0.29) is 11.9 Å². The van der Waals surface area contributed by atoms with E-state index in [1.165, 1.54) is 12.1 Å². The maximum absolute atomic E-state index is 13.5. The van der Waals surface area contributed by atoms with E-state index in [0.29, 0.717) is 71.6 Å². The van der Waals surface area contributed by atoms with Crippen molar-refractivity contribution in [2.24, 2.45) is 0 Å². The van der Waals surface area contributed by atoms with E-state index in [9.17, 15) is 9.50 Å². The molecule has 0 amide bonds. The molecule has 1 aliphatic heterocycles. The molecule has 0 bridgehead atoms. The predicted molar refractivity (Wildman–Crippen MR) is 126 cm³/mol. The van der Waals surface area contributed by atoms with Crippen LogP contribution in [0.2, 0.25) is 0 Å². The average molecular weight is 479 g/mol.